The summed E-state index contributed by atoms with van der Waals surface area (Å²) in [7, 11) is 1.23. The van der Waals surface area contributed by atoms with E-state index in [1.165, 1.54) is 24.3 Å². The van der Waals surface area contributed by atoms with E-state index in [1.807, 2.05) is 0 Å². The number of anilines is 1. The number of hydrogen-bond donors (Lipinski definition) is 0. The Hall–Kier alpha value is -2.12. The summed E-state index contributed by atoms with van der Waals surface area (Å²) in [6.07, 6.45) is -4.40. The maximum absolute atomic E-state index is 12.4. The lowest BCUT2D eigenvalue weighted by Crippen LogP contribution is -2.37. The van der Waals surface area contributed by atoms with Gasteiger partial charge in [-0.1, -0.05) is 5.22 Å². The van der Waals surface area contributed by atoms with Crippen LogP contribution in [0.3, 0.4) is 0 Å². The van der Waals surface area contributed by atoms with E-state index in [0.717, 1.165) is 12.1 Å². The molecule has 0 amide bonds. The van der Waals surface area contributed by atoms with Crippen molar-refractivity contribution in [1.29, 1.82) is 0 Å². The molecule has 102 valence electrons. The fraction of sp³-hybridized carbons (Fsp3) is 0.364. The molecule has 0 aliphatic carbocycles. The molecule has 0 saturated heterocycles. The quantitative estimate of drug-likeness (QED) is 0.778. The van der Waals surface area contributed by atoms with Gasteiger partial charge in [0.15, 0.2) is 6.04 Å². The van der Waals surface area contributed by atoms with E-state index in [1.54, 1.807) is 0 Å². The van der Waals surface area contributed by atoms with Crippen molar-refractivity contribution in [3.63, 3.8) is 0 Å². The van der Waals surface area contributed by atoms with E-state index >= 15 is 0 Å². The first-order chi connectivity index (χ1) is 8.93. The molecule has 1 atom stereocenters. The highest BCUT2D eigenvalue weighted by atomic mass is 19.4. The molecule has 5 nitrogen and oxygen atoms in total. The van der Waals surface area contributed by atoms with Gasteiger partial charge in [0.1, 0.15) is 0 Å². The van der Waals surface area contributed by atoms with E-state index in [2.05, 4.69) is 15.1 Å². The van der Waals surface area contributed by atoms with Crippen LogP contribution >= 0.6 is 0 Å². The van der Waals surface area contributed by atoms with Crippen LogP contribution in [0.4, 0.5) is 18.9 Å². The molecule has 19 heavy (non-hydrogen) atoms. The van der Waals surface area contributed by atoms with Gasteiger partial charge in [0.25, 0.3) is 0 Å². The Morgan fingerprint density at radius 3 is 2.53 bits per heavy atom. The number of halogens is 3. The van der Waals surface area contributed by atoms with Crippen LogP contribution in [0.5, 0.6) is 0 Å². The second-order valence-corrected chi connectivity index (χ2v) is 3.84. The summed E-state index contributed by atoms with van der Waals surface area (Å²) in [5, 5.41) is 8.66. The number of carbonyl (C=O) groups excluding carboxylic acids is 1. The lowest BCUT2D eigenvalue weighted by atomic mass is 10.2. The summed E-state index contributed by atoms with van der Waals surface area (Å²) in [6, 6.07) is 3.60. The normalized spacial score (nSPS) is 18.7. The highest BCUT2D eigenvalue weighted by Gasteiger charge is 2.33. The van der Waals surface area contributed by atoms with Gasteiger partial charge in [0.05, 0.1) is 24.9 Å². The van der Waals surface area contributed by atoms with Crippen LogP contribution in [0.2, 0.25) is 0 Å². The SMILES string of the molecule is COC(=O)C1CN=NN1c1ccc(C(F)(F)F)cc1. The van der Waals surface area contributed by atoms with E-state index in [0.29, 0.717) is 5.69 Å². The van der Waals surface area contributed by atoms with Gasteiger partial charge >= 0.3 is 12.1 Å². The summed E-state index contributed by atoms with van der Waals surface area (Å²) in [4.78, 5) is 11.5. The molecular weight excluding hydrogens is 263 g/mol. The topological polar surface area (TPSA) is 54.3 Å². The molecular formula is C11H10F3N3O2. The van der Waals surface area contributed by atoms with Crippen molar-refractivity contribution in [3.8, 4) is 0 Å². The standard InChI is InChI=1S/C11H10F3N3O2/c1-19-10(18)9-6-15-16-17(9)8-4-2-7(3-5-8)11(12,13)14/h2-5,9H,6H2,1H3. The first-order valence-corrected chi connectivity index (χ1v) is 5.35. The highest BCUT2D eigenvalue weighted by molar-refractivity contribution is 5.80. The van der Waals surface area contributed by atoms with Crippen LogP contribution in [-0.4, -0.2) is 25.7 Å². The zero-order valence-corrected chi connectivity index (χ0v) is 9.89. The highest BCUT2D eigenvalue weighted by Crippen LogP contribution is 2.31. The third-order valence-electron chi connectivity index (χ3n) is 2.64. The summed E-state index contributed by atoms with van der Waals surface area (Å²) in [5.74, 6) is -0.537. The Morgan fingerprint density at radius 2 is 2.00 bits per heavy atom. The number of carbonyl (C=O) groups is 1. The fourth-order valence-electron chi connectivity index (χ4n) is 1.67. The molecule has 1 aromatic rings. The Kier molecular flexibility index (Phi) is 3.41. The molecule has 8 heteroatoms. The summed E-state index contributed by atoms with van der Waals surface area (Å²) >= 11 is 0. The predicted molar refractivity (Wildman–Crippen MR) is 59.5 cm³/mol. The molecule has 0 bridgehead atoms. The molecule has 0 fully saturated rings. The molecule has 0 saturated carbocycles. The Balaban J connectivity index is 2.22. The zero-order chi connectivity index (χ0) is 14.0. The maximum Gasteiger partial charge on any atom is 0.416 e. The third-order valence-corrected chi connectivity index (χ3v) is 2.64. The Bertz CT molecular complexity index is 499. The van der Waals surface area contributed by atoms with Crippen LogP contribution < -0.4 is 5.01 Å². The second kappa shape index (κ2) is 4.87. The Morgan fingerprint density at radius 1 is 1.37 bits per heavy atom. The van der Waals surface area contributed by atoms with Crippen LogP contribution in [0.15, 0.2) is 34.6 Å². The van der Waals surface area contributed by atoms with Gasteiger partial charge in [-0.25, -0.2) is 9.80 Å². The van der Waals surface area contributed by atoms with Gasteiger partial charge in [-0.2, -0.15) is 18.3 Å². The van der Waals surface area contributed by atoms with E-state index in [9.17, 15) is 18.0 Å². The largest absolute Gasteiger partial charge is 0.467 e. The second-order valence-electron chi connectivity index (χ2n) is 3.84. The van der Waals surface area contributed by atoms with E-state index < -0.39 is 23.8 Å². The van der Waals surface area contributed by atoms with Crippen LogP contribution in [0, 0.1) is 0 Å². The van der Waals surface area contributed by atoms with Crippen molar-refractivity contribution < 1.29 is 22.7 Å². The number of esters is 1. The molecule has 0 N–H and O–H groups in total. The van der Waals surface area contributed by atoms with Gasteiger partial charge < -0.3 is 4.74 Å². The number of methoxy groups -OCH3 is 1. The minimum absolute atomic E-state index is 0.119. The summed E-state index contributed by atoms with van der Waals surface area (Å²) < 4.78 is 41.9. The van der Waals surface area contributed by atoms with Gasteiger partial charge in [-0.05, 0) is 24.3 Å². The van der Waals surface area contributed by atoms with Gasteiger partial charge in [-0.15, -0.1) is 0 Å². The molecule has 0 aromatic heterocycles. The molecule has 1 unspecified atom stereocenters. The third kappa shape index (κ3) is 2.67. The number of nitrogens with zero attached hydrogens (tertiary/aromatic N) is 3. The monoisotopic (exact) mass is 273 g/mol. The van der Waals surface area contributed by atoms with Crippen molar-refractivity contribution in [2.24, 2.45) is 10.3 Å². The van der Waals surface area contributed by atoms with Crippen LogP contribution in [0.1, 0.15) is 5.56 Å². The average molecular weight is 273 g/mol. The van der Waals surface area contributed by atoms with Crippen LogP contribution in [-0.2, 0) is 15.7 Å². The lowest BCUT2D eigenvalue weighted by Gasteiger charge is -2.19. The van der Waals surface area contributed by atoms with E-state index in [4.69, 9.17) is 0 Å². The van der Waals surface area contributed by atoms with Crippen molar-refractivity contribution in [2.45, 2.75) is 12.2 Å². The van der Waals surface area contributed by atoms with E-state index in [-0.39, 0.29) is 6.54 Å². The van der Waals surface area contributed by atoms with Crippen LogP contribution in [0.25, 0.3) is 0 Å². The first-order valence-electron chi connectivity index (χ1n) is 5.35. The molecule has 1 aliphatic heterocycles. The van der Waals surface area contributed by atoms with Crippen molar-refractivity contribution in [3.05, 3.63) is 29.8 Å². The average Bonchev–Trinajstić information content (AvgIpc) is 2.86. The molecule has 0 spiro atoms. The minimum Gasteiger partial charge on any atom is -0.467 e. The van der Waals surface area contributed by atoms with Crippen molar-refractivity contribution >= 4 is 11.7 Å². The minimum atomic E-state index is -4.40. The fourth-order valence-corrected chi connectivity index (χ4v) is 1.67. The Labute approximate surface area is 106 Å². The number of alkyl halides is 3. The summed E-state index contributed by atoms with van der Waals surface area (Å²) in [5.41, 5.74) is -0.411. The zero-order valence-electron chi connectivity index (χ0n) is 9.89. The molecule has 1 heterocycles. The molecule has 0 radical (unpaired) electrons. The maximum atomic E-state index is 12.4. The first kappa shape index (κ1) is 13.3. The molecule has 1 aromatic carbocycles. The number of ether oxygens (including phenoxy) is 1. The number of benzene rings is 1. The smallest absolute Gasteiger partial charge is 0.416 e. The molecule has 1 aliphatic rings. The van der Waals surface area contributed by atoms with Gasteiger partial charge in [0, 0.05) is 0 Å². The lowest BCUT2D eigenvalue weighted by molar-refractivity contribution is -0.141. The number of rotatable bonds is 2. The van der Waals surface area contributed by atoms with Crippen molar-refractivity contribution in [1.82, 2.24) is 0 Å². The van der Waals surface area contributed by atoms with Gasteiger partial charge in [0.2, 0.25) is 0 Å². The number of hydrogen-bond acceptors (Lipinski definition) is 5. The van der Waals surface area contributed by atoms with Crippen molar-refractivity contribution in [2.75, 3.05) is 18.7 Å². The summed E-state index contributed by atoms with van der Waals surface area (Å²) in [6.45, 7) is 0.119. The molecule has 2 rings (SSSR count). The predicted octanol–water partition coefficient (Wildman–Crippen LogP) is 2.43. The van der Waals surface area contributed by atoms with Gasteiger partial charge in [-0.3, -0.25) is 0 Å².